The number of aromatic amines is 1. The van der Waals surface area contributed by atoms with Gasteiger partial charge in [-0.2, -0.15) is 13.2 Å². The van der Waals surface area contributed by atoms with E-state index in [0.717, 1.165) is 18.2 Å². The highest BCUT2D eigenvalue weighted by Gasteiger charge is 2.29. The van der Waals surface area contributed by atoms with Crippen LogP contribution in [0.25, 0.3) is 11.0 Å². The minimum Gasteiger partial charge on any atom is -0.478 e. The zero-order valence-electron chi connectivity index (χ0n) is 9.69. The Kier molecular flexibility index (Phi) is 3.12. The molecule has 2 rings (SSSR count). The van der Waals surface area contributed by atoms with Gasteiger partial charge in [0.25, 0.3) is 0 Å². The number of hydrogen-bond donors (Lipinski definition) is 2. The van der Waals surface area contributed by atoms with Gasteiger partial charge in [-0.1, -0.05) is 0 Å². The first kappa shape index (κ1) is 13.8. The van der Waals surface area contributed by atoms with Gasteiger partial charge in [0.15, 0.2) is 0 Å². The molecule has 106 valence electrons. The number of carboxylic acids is 1. The Hall–Kier alpha value is -2.58. The number of fused-ring (bicyclic) bond motifs is 1. The number of nitrogens with zero attached hydrogens (tertiary/aromatic N) is 1. The summed E-state index contributed by atoms with van der Waals surface area (Å²) < 4.78 is 37.5. The maximum Gasteiger partial charge on any atom is 0.406 e. The first-order valence-corrected chi connectivity index (χ1v) is 5.26. The lowest BCUT2D eigenvalue weighted by molar-refractivity contribution is -0.140. The summed E-state index contributed by atoms with van der Waals surface area (Å²) in [5.74, 6) is -1.30. The van der Waals surface area contributed by atoms with E-state index >= 15 is 0 Å². The number of aromatic nitrogens is 2. The van der Waals surface area contributed by atoms with Gasteiger partial charge in [-0.25, -0.2) is 4.79 Å². The number of hydrogen-bond acceptors (Lipinski definition) is 3. The summed E-state index contributed by atoms with van der Waals surface area (Å²) in [5.41, 5.74) is -3.16. The average molecular weight is 288 g/mol. The zero-order valence-corrected chi connectivity index (χ0v) is 9.69. The summed E-state index contributed by atoms with van der Waals surface area (Å²) in [7, 11) is 0. The van der Waals surface area contributed by atoms with Crippen molar-refractivity contribution in [2.24, 2.45) is 0 Å². The van der Waals surface area contributed by atoms with Crippen LogP contribution in [0.3, 0.4) is 0 Å². The molecule has 0 amide bonds. The van der Waals surface area contributed by atoms with Crippen molar-refractivity contribution in [3.63, 3.8) is 0 Å². The van der Waals surface area contributed by atoms with E-state index < -0.39 is 29.8 Å². The molecule has 2 N–H and O–H groups in total. The zero-order chi connectivity index (χ0) is 15.1. The molecule has 0 spiro atoms. The Balaban J connectivity index is 2.79. The van der Waals surface area contributed by atoms with Gasteiger partial charge in [0.2, 0.25) is 0 Å². The molecule has 0 aliphatic carbocycles. The van der Waals surface area contributed by atoms with Crippen LogP contribution in [0.1, 0.15) is 10.4 Å². The van der Waals surface area contributed by atoms with Crippen molar-refractivity contribution in [3.8, 4) is 0 Å². The average Bonchev–Trinajstić information content (AvgIpc) is 2.32. The minimum atomic E-state index is -4.68. The molecule has 1 heterocycles. The number of nitrogens with one attached hydrogen (secondary N) is 1. The van der Waals surface area contributed by atoms with E-state index in [1.54, 1.807) is 0 Å². The van der Waals surface area contributed by atoms with Gasteiger partial charge in [-0.15, -0.1) is 0 Å². The molecule has 1 aromatic carbocycles. The molecule has 0 saturated heterocycles. The number of halogens is 3. The highest BCUT2D eigenvalue weighted by molar-refractivity contribution is 5.92. The lowest BCUT2D eigenvalue weighted by Gasteiger charge is -2.12. The first-order chi connectivity index (χ1) is 9.19. The maximum atomic E-state index is 12.4. The third-order valence-corrected chi connectivity index (χ3v) is 2.56. The monoisotopic (exact) mass is 288 g/mol. The second kappa shape index (κ2) is 4.51. The van der Waals surface area contributed by atoms with Crippen molar-refractivity contribution in [1.82, 2.24) is 9.55 Å². The van der Waals surface area contributed by atoms with Crippen LogP contribution in [0.5, 0.6) is 0 Å². The Labute approximate surface area is 108 Å². The fourth-order valence-electron chi connectivity index (χ4n) is 1.75. The number of alkyl halides is 3. The van der Waals surface area contributed by atoms with Crippen LogP contribution >= 0.6 is 0 Å². The number of H-pyrrole nitrogens is 1. The maximum absolute atomic E-state index is 12.4. The molecule has 0 atom stereocenters. The Morgan fingerprint density at radius 1 is 1.30 bits per heavy atom. The number of benzene rings is 1. The topological polar surface area (TPSA) is 92.2 Å². The lowest BCUT2D eigenvalue weighted by atomic mass is 10.2. The number of carbonyl (C=O) groups is 1. The lowest BCUT2D eigenvalue weighted by Crippen LogP contribution is -2.39. The largest absolute Gasteiger partial charge is 0.478 e. The van der Waals surface area contributed by atoms with Gasteiger partial charge >= 0.3 is 23.3 Å². The van der Waals surface area contributed by atoms with E-state index in [2.05, 4.69) is 4.98 Å². The molecule has 0 bridgehead atoms. The molecule has 0 unspecified atom stereocenters. The van der Waals surface area contributed by atoms with Crippen molar-refractivity contribution < 1.29 is 23.1 Å². The van der Waals surface area contributed by atoms with Crippen molar-refractivity contribution in [3.05, 3.63) is 44.5 Å². The van der Waals surface area contributed by atoms with E-state index in [-0.39, 0.29) is 21.2 Å². The molecule has 9 heteroatoms. The molecule has 0 radical (unpaired) electrons. The van der Waals surface area contributed by atoms with Crippen molar-refractivity contribution in [2.45, 2.75) is 12.7 Å². The fourth-order valence-corrected chi connectivity index (χ4v) is 1.75. The van der Waals surface area contributed by atoms with Crippen LogP contribution in [0.2, 0.25) is 0 Å². The van der Waals surface area contributed by atoms with E-state index in [1.807, 2.05) is 0 Å². The Morgan fingerprint density at radius 3 is 2.50 bits per heavy atom. The number of rotatable bonds is 2. The van der Waals surface area contributed by atoms with E-state index in [9.17, 15) is 27.6 Å². The van der Waals surface area contributed by atoms with Crippen LogP contribution in [-0.4, -0.2) is 26.8 Å². The number of carboxylic acid groups (broad SMARTS) is 1. The van der Waals surface area contributed by atoms with Gasteiger partial charge in [-0.3, -0.25) is 14.2 Å². The van der Waals surface area contributed by atoms with Gasteiger partial charge < -0.3 is 10.1 Å². The standard InChI is InChI=1S/C11H7F3N2O4/c12-11(13,14)4-16-7-2-1-5(10(19)20)3-6(7)15-8(17)9(16)18/h1-3H,4H2,(H,15,17)(H,19,20). The first-order valence-electron chi connectivity index (χ1n) is 5.26. The summed E-state index contributed by atoms with van der Waals surface area (Å²) in [6.45, 7) is -1.63. The highest BCUT2D eigenvalue weighted by atomic mass is 19.4. The molecular weight excluding hydrogens is 281 g/mol. The molecule has 0 saturated carbocycles. The second-order valence-corrected chi connectivity index (χ2v) is 4.00. The van der Waals surface area contributed by atoms with Crippen molar-refractivity contribution >= 4 is 17.0 Å². The van der Waals surface area contributed by atoms with E-state index in [1.165, 1.54) is 0 Å². The van der Waals surface area contributed by atoms with Crippen LogP contribution in [-0.2, 0) is 6.54 Å². The molecule has 20 heavy (non-hydrogen) atoms. The summed E-state index contributed by atoms with van der Waals surface area (Å²) in [6.07, 6.45) is -4.68. The SMILES string of the molecule is O=C(O)c1ccc2c(c1)[nH]c(=O)c(=O)n2CC(F)(F)F. The van der Waals surface area contributed by atoms with Crippen LogP contribution in [0.15, 0.2) is 27.8 Å². The van der Waals surface area contributed by atoms with E-state index in [4.69, 9.17) is 5.11 Å². The second-order valence-electron chi connectivity index (χ2n) is 4.00. The predicted octanol–water partition coefficient (Wildman–Crippen LogP) is 0.950. The summed E-state index contributed by atoms with van der Waals surface area (Å²) in [4.78, 5) is 35.6. The van der Waals surface area contributed by atoms with Gasteiger partial charge in [0, 0.05) is 0 Å². The molecular formula is C11H7F3N2O4. The van der Waals surface area contributed by atoms with Crippen molar-refractivity contribution in [2.75, 3.05) is 0 Å². The third kappa shape index (κ3) is 2.56. The summed E-state index contributed by atoms with van der Waals surface area (Å²) in [6, 6.07) is 3.09. The molecule has 2 aromatic rings. The van der Waals surface area contributed by atoms with Crippen molar-refractivity contribution in [1.29, 1.82) is 0 Å². The predicted molar refractivity (Wildman–Crippen MR) is 61.8 cm³/mol. The van der Waals surface area contributed by atoms with Gasteiger partial charge in [0.1, 0.15) is 6.54 Å². The molecule has 0 aliphatic heterocycles. The van der Waals surface area contributed by atoms with Crippen LogP contribution < -0.4 is 11.1 Å². The Bertz CT molecular complexity index is 804. The fraction of sp³-hybridized carbons (Fsp3) is 0.182. The van der Waals surface area contributed by atoms with Crippen LogP contribution in [0.4, 0.5) is 13.2 Å². The number of aromatic carboxylic acids is 1. The molecule has 0 aliphatic rings. The highest BCUT2D eigenvalue weighted by Crippen LogP contribution is 2.19. The third-order valence-electron chi connectivity index (χ3n) is 2.56. The van der Waals surface area contributed by atoms with Gasteiger partial charge in [0.05, 0.1) is 16.6 Å². The Morgan fingerprint density at radius 2 is 1.95 bits per heavy atom. The molecule has 1 aromatic heterocycles. The van der Waals surface area contributed by atoms with Gasteiger partial charge in [-0.05, 0) is 18.2 Å². The van der Waals surface area contributed by atoms with E-state index in [0.29, 0.717) is 0 Å². The summed E-state index contributed by atoms with van der Waals surface area (Å²) >= 11 is 0. The summed E-state index contributed by atoms with van der Waals surface area (Å²) in [5, 5.41) is 8.78. The molecule has 6 nitrogen and oxygen atoms in total. The normalized spacial score (nSPS) is 11.8. The molecule has 0 fully saturated rings. The van der Waals surface area contributed by atoms with Crippen LogP contribution in [0, 0.1) is 0 Å². The minimum absolute atomic E-state index is 0.154. The smallest absolute Gasteiger partial charge is 0.406 e. The quantitative estimate of drug-likeness (QED) is 0.805.